The SMILES string of the molecule is CCCCCCCCCCCCCCC/C=C/C(O)C(CO)NC(=O)CCCCCCCCCCCCCCCCCCC/C=C\CCCCCCCCCCCCCCCCOC(=O)CCCCCCCCCCCCCCC. The van der Waals surface area contributed by atoms with Gasteiger partial charge in [0.15, 0.2) is 0 Å². The summed E-state index contributed by atoms with van der Waals surface area (Å²) >= 11 is 0. The van der Waals surface area contributed by atoms with E-state index in [9.17, 15) is 19.8 Å². The van der Waals surface area contributed by atoms with Crippen LogP contribution in [0.15, 0.2) is 24.3 Å². The van der Waals surface area contributed by atoms with Crippen LogP contribution in [0.5, 0.6) is 0 Å². The molecule has 474 valence electrons. The molecule has 0 aromatic rings. The van der Waals surface area contributed by atoms with Gasteiger partial charge in [-0.2, -0.15) is 0 Å². The standard InChI is InChI=1S/C74H143NO5/c1-3-5-7-9-11-13-15-17-39-43-46-50-54-58-62-66-72(77)71(70-76)75-73(78)67-63-59-55-51-47-44-40-37-35-33-31-29-27-25-23-21-19-18-20-22-24-26-28-30-32-34-36-38-41-45-49-53-57-61-65-69-80-74(79)68-64-60-56-52-48-42-16-14-12-10-8-6-4-2/h20,22,62,66,71-72,76-77H,3-19,21,23-61,63-65,67-70H2,1-2H3,(H,75,78)/b22-20-,66-62+. The van der Waals surface area contributed by atoms with Gasteiger partial charge in [-0.05, 0) is 57.8 Å². The van der Waals surface area contributed by atoms with Gasteiger partial charge in [-0.3, -0.25) is 9.59 Å². The normalized spacial score (nSPS) is 12.6. The Hall–Kier alpha value is -1.66. The number of hydrogen-bond donors (Lipinski definition) is 3. The van der Waals surface area contributed by atoms with Gasteiger partial charge in [-0.1, -0.05) is 366 Å². The van der Waals surface area contributed by atoms with Gasteiger partial charge in [-0.15, -0.1) is 0 Å². The van der Waals surface area contributed by atoms with Gasteiger partial charge in [0.05, 0.1) is 25.4 Å². The molecule has 80 heavy (non-hydrogen) atoms. The van der Waals surface area contributed by atoms with Crippen LogP contribution in [0.25, 0.3) is 0 Å². The van der Waals surface area contributed by atoms with Gasteiger partial charge in [-0.25, -0.2) is 0 Å². The number of carbonyl (C=O) groups excluding carboxylic acids is 2. The van der Waals surface area contributed by atoms with E-state index in [1.54, 1.807) is 6.08 Å². The van der Waals surface area contributed by atoms with Crippen LogP contribution in [0.1, 0.15) is 412 Å². The van der Waals surface area contributed by atoms with Crippen LogP contribution in [0.2, 0.25) is 0 Å². The van der Waals surface area contributed by atoms with Gasteiger partial charge in [0.2, 0.25) is 5.91 Å². The number of esters is 1. The number of rotatable bonds is 69. The van der Waals surface area contributed by atoms with Crippen LogP contribution in [0.4, 0.5) is 0 Å². The second kappa shape index (κ2) is 69.8. The molecule has 0 rings (SSSR count). The largest absolute Gasteiger partial charge is 0.466 e. The second-order valence-electron chi connectivity index (χ2n) is 25.3. The molecule has 0 heterocycles. The van der Waals surface area contributed by atoms with E-state index in [0.29, 0.717) is 19.4 Å². The highest BCUT2D eigenvalue weighted by Crippen LogP contribution is 2.19. The van der Waals surface area contributed by atoms with E-state index in [4.69, 9.17) is 4.74 Å². The average Bonchev–Trinajstić information content (AvgIpc) is 3.46. The van der Waals surface area contributed by atoms with Gasteiger partial charge in [0.25, 0.3) is 0 Å². The quantitative estimate of drug-likeness (QED) is 0.0320. The number of hydrogen-bond acceptors (Lipinski definition) is 5. The fourth-order valence-corrected chi connectivity index (χ4v) is 11.6. The summed E-state index contributed by atoms with van der Waals surface area (Å²) in [6.45, 7) is 4.94. The molecule has 0 aliphatic rings. The fraction of sp³-hybridized carbons (Fsp3) is 0.919. The maximum absolute atomic E-state index is 12.5. The Morgan fingerprint density at radius 1 is 0.338 bits per heavy atom. The number of carbonyl (C=O) groups is 2. The molecule has 0 aromatic carbocycles. The van der Waals surface area contributed by atoms with Crippen LogP contribution in [0.3, 0.4) is 0 Å². The van der Waals surface area contributed by atoms with Gasteiger partial charge in [0, 0.05) is 12.8 Å². The Balaban J connectivity index is 3.34. The molecule has 0 aromatic heterocycles. The number of allylic oxidation sites excluding steroid dienone is 3. The molecule has 0 spiro atoms. The third-order valence-electron chi connectivity index (χ3n) is 17.2. The average molecular weight is 1130 g/mol. The summed E-state index contributed by atoms with van der Waals surface area (Å²) in [6.07, 6.45) is 88.5. The molecule has 0 aliphatic heterocycles. The number of ether oxygens (including phenoxy) is 1. The lowest BCUT2D eigenvalue weighted by Gasteiger charge is -2.20. The van der Waals surface area contributed by atoms with Crippen LogP contribution in [-0.4, -0.2) is 47.4 Å². The topological polar surface area (TPSA) is 95.9 Å². The van der Waals surface area contributed by atoms with Crippen molar-refractivity contribution in [3.05, 3.63) is 24.3 Å². The van der Waals surface area contributed by atoms with Crippen molar-refractivity contribution in [2.45, 2.75) is 424 Å². The van der Waals surface area contributed by atoms with E-state index >= 15 is 0 Å². The molecule has 6 nitrogen and oxygen atoms in total. The molecular weight excluding hydrogens is 983 g/mol. The molecule has 2 atom stereocenters. The van der Waals surface area contributed by atoms with Gasteiger partial charge in [0.1, 0.15) is 0 Å². The molecular formula is C74H143NO5. The van der Waals surface area contributed by atoms with E-state index in [1.807, 2.05) is 6.08 Å². The molecule has 0 aliphatic carbocycles. The Bertz CT molecular complexity index is 1250. The summed E-state index contributed by atoms with van der Waals surface area (Å²) in [6, 6.07) is -0.624. The van der Waals surface area contributed by atoms with E-state index in [0.717, 1.165) is 38.5 Å². The minimum absolute atomic E-state index is 0.0222. The minimum Gasteiger partial charge on any atom is -0.466 e. The van der Waals surface area contributed by atoms with Gasteiger partial charge < -0.3 is 20.3 Å². The second-order valence-corrected chi connectivity index (χ2v) is 25.3. The summed E-state index contributed by atoms with van der Waals surface area (Å²) in [4.78, 5) is 24.5. The molecule has 6 heteroatoms. The molecule has 0 radical (unpaired) electrons. The first kappa shape index (κ1) is 78.3. The number of aliphatic hydroxyl groups excluding tert-OH is 2. The highest BCUT2D eigenvalue weighted by atomic mass is 16.5. The third-order valence-corrected chi connectivity index (χ3v) is 17.2. The van der Waals surface area contributed by atoms with E-state index in [1.165, 1.54) is 347 Å². The van der Waals surface area contributed by atoms with Crippen molar-refractivity contribution in [3.63, 3.8) is 0 Å². The lowest BCUT2D eigenvalue weighted by atomic mass is 10.0. The van der Waals surface area contributed by atoms with Crippen molar-refractivity contribution in [2.24, 2.45) is 0 Å². The molecule has 0 saturated heterocycles. The summed E-state index contributed by atoms with van der Waals surface area (Å²) in [5.41, 5.74) is 0. The van der Waals surface area contributed by atoms with Crippen molar-refractivity contribution >= 4 is 11.9 Å². The third kappa shape index (κ3) is 65.5. The molecule has 2 unspecified atom stereocenters. The molecule has 0 saturated carbocycles. The molecule has 0 bridgehead atoms. The number of unbranched alkanes of at least 4 members (excludes halogenated alkanes) is 56. The predicted octanol–water partition coefficient (Wildman–Crippen LogP) is 23.7. The fourth-order valence-electron chi connectivity index (χ4n) is 11.6. The summed E-state index contributed by atoms with van der Waals surface area (Å²) in [5.74, 6) is -0.0396. The van der Waals surface area contributed by atoms with Crippen molar-refractivity contribution in [2.75, 3.05) is 13.2 Å². The number of amides is 1. The Morgan fingerprint density at radius 3 is 0.887 bits per heavy atom. The lowest BCUT2D eigenvalue weighted by Crippen LogP contribution is -2.45. The van der Waals surface area contributed by atoms with E-state index < -0.39 is 12.1 Å². The number of aliphatic hydroxyl groups is 2. The highest BCUT2D eigenvalue weighted by Gasteiger charge is 2.18. The maximum Gasteiger partial charge on any atom is 0.305 e. The monoisotopic (exact) mass is 1130 g/mol. The first-order valence-corrected chi connectivity index (χ1v) is 36.6. The molecule has 1 amide bonds. The lowest BCUT2D eigenvalue weighted by molar-refractivity contribution is -0.143. The summed E-state index contributed by atoms with van der Waals surface area (Å²) < 4.78 is 5.49. The Labute approximate surface area is 501 Å². The van der Waals surface area contributed by atoms with Crippen LogP contribution >= 0.6 is 0 Å². The zero-order valence-corrected chi connectivity index (χ0v) is 54.3. The van der Waals surface area contributed by atoms with Crippen LogP contribution in [-0.2, 0) is 14.3 Å². The van der Waals surface area contributed by atoms with Crippen molar-refractivity contribution in [1.29, 1.82) is 0 Å². The van der Waals surface area contributed by atoms with Gasteiger partial charge >= 0.3 is 5.97 Å². The minimum atomic E-state index is -0.841. The summed E-state index contributed by atoms with van der Waals surface area (Å²) in [5, 5.41) is 23.2. The maximum atomic E-state index is 12.5. The molecule has 3 N–H and O–H groups in total. The van der Waals surface area contributed by atoms with Crippen molar-refractivity contribution in [1.82, 2.24) is 5.32 Å². The van der Waals surface area contributed by atoms with Crippen LogP contribution in [0, 0.1) is 0 Å². The smallest absolute Gasteiger partial charge is 0.305 e. The highest BCUT2D eigenvalue weighted by molar-refractivity contribution is 5.76. The Morgan fingerprint density at radius 2 is 0.588 bits per heavy atom. The molecule has 0 fully saturated rings. The summed E-state index contributed by atoms with van der Waals surface area (Å²) in [7, 11) is 0. The predicted molar refractivity (Wildman–Crippen MR) is 352 cm³/mol. The van der Waals surface area contributed by atoms with Crippen LogP contribution < -0.4 is 5.32 Å². The first-order valence-electron chi connectivity index (χ1n) is 36.6. The zero-order chi connectivity index (χ0) is 57.8. The van der Waals surface area contributed by atoms with Crippen molar-refractivity contribution in [3.8, 4) is 0 Å². The van der Waals surface area contributed by atoms with E-state index in [-0.39, 0.29) is 18.5 Å². The number of nitrogens with one attached hydrogen (secondary N) is 1. The zero-order valence-electron chi connectivity index (χ0n) is 54.3. The first-order chi connectivity index (χ1) is 39.5. The van der Waals surface area contributed by atoms with E-state index in [2.05, 4.69) is 31.3 Å². The Kier molecular flexibility index (Phi) is 68.4. The van der Waals surface area contributed by atoms with Crippen molar-refractivity contribution < 1.29 is 24.5 Å².